The lowest BCUT2D eigenvalue weighted by Crippen LogP contribution is -2.16. The monoisotopic (exact) mass is 268 g/mol. The minimum absolute atomic E-state index is 0.250. The van der Waals surface area contributed by atoms with Crippen LogP contribution in [0.3, 0.4) is 0 Å². The molecule has 1 atom stereocenters. The average Bonchev–Trinajstić information content (AvgIpc) is 2.35. The van der Waals surface area contributed by atoms with Crippen LogP contribution in [0.2, 0.25) is 0 Å². The molecule has 0 aromatic heterocycles. The van der Waals surface area contributed by atoms with E-state index in [4.69, 9.17) is 10.5 Å². The standard InChI is InChI=1S/C15H25FN2O/c1-4-6-7-8-11(3)18-14-10-15(19-5-2)12(16)9-13(14)17/h9-11,18H,4-8,17H2,1-3H3. The van der Waals surface area contributed by atoms with E-state index < -0.39 is 5.82 Å². The van der Waals surface area contributed by atoms with Gasteiger partial charge in [0.05, 0.1) is 18.0 Å². The highest BCUT2D eigenvalue weighted by atomic mass is 19.1. The number of rotatable bonds is 8. The van der Waals surface area contributed by atoms with Crippen LogP contribution in [0.15, 0.2) is 12.1 Å². The van der Waals surface area contributed by atoms with Gasteiger partial charge >= 0.3 is 0 Å². The minimum Gasteiger partial charge on any atom is -0.491 e. The van der Waals surface area contributed by atoms with Gasteiger partial charge in [0.25, 0.3) is 0 Å². The van der Waals surface area contributed by atoms with Crippen molar-refractivity contribution in [2.24, 2.45) is 0 Å². The molecule has 0 aliphatic heterocycles. The van der Waals surface area contributed by atoms with Crippen LogP contribution in [0.1, 0.15) is 46.5 Å². The highest BCUT2D eigenvalue weighted by Crippen LogP contribution is 2.29. The normalized spacial score (nSPS) is 12.2. The Kier molecular flexibility index (Phi) is 6.46. The van der Waals surface area contributed by atoms with Crippen LogP contribution >= 0.6 is 0 Å². The van der Waals surface area contributed by atoms with Gasteiger partial charge < -0.3 is 15.8 Å². The topological polar surface area (TPSA) is 47.3 Å². The molecule has 0 heterocycles. The molecule has 0 aliphatic rings. The van der Waals surface area contributed by atoms with Crippen LogP contribution in [0.4, 0.5) is 15.8 Å². The maximum absolute atomic E-state index is 13.6. The Morgan fingerprint density at radius 3 is 2.68 bits per heavy atom. The molecule has 1 aromatic carbocycles. The third kappa shape index (κ3) is 4.97. The largest absolute Gasteiger partial charge is 0.491 e. The molecule has 3 nitrogen and oxygen atoms in total. The lowest BCUT2D eigenvalue weighted by Gasteiger charge is -2.18. The molecule has 0 saturated carbocycles. The number of nitrogens with two attached hydrogens (primary N) is 1. The van der Waals surface area contributed by atoms with E-state index in [2.05, 4.69) is 19.2 Å². The zero-order valence-electron chi connectivity index (χ0n) is 12.1. The second-order valence-electron chi connectivity index (χ2n) is 4.84. The summed E-state index contributed by atoms with van der Waals surface area (Å²) in [5.74, 6) is -0.163. The van der Waals surface area contributed by atoms with Gasteiger partial charge in [-0.25, -0.2) is 4.39 Å². The molecule has 19 heavy (non-hydrogen) atoms. The highest BCUT2D eigenvalue weighted by Gasteiger charge is 2.10. The van der Waals surface area contributed by atoms with Crippen molar-refractivity contribution in [3.63, 3.8) is 0 Å². The molecule has 0 fully saturated rings. The van der Waals surface area contributed by atoms with E-state index in [0.29, 0.717) is 18.3 Å². The number of nitrogens with one attached hydrogen (secondary N) is 1. The summed E-state index contributed by atoms with van der Waals surface area (Å²) >= 11 is 0. The lowest BCUT2D eigenvalue weighted by molar-refractivity contribution is 0.322. The number of halogens is 1. The van der Waals surface area contributed by atoms with Crippen LogP contribution in [-0.4, -0.2) is 12.6 Å². The molecular formula is C15H25FN2O. The molecule has 1 unspecified atom stereocenters. The van der Waals surface area contributed by atoms with E-state index in [1.165, 1.54) is 25.3 Å². The maximum atomic E-state index is 13.6. The van der Waals surface area contributed by atoms with Gasteiger partial charge in [0, 0.05) is 18.2 Å². The number of hydrogen-bond donors (Lipinski definition) is 2. The van der Waals surface area contributed by atoms with Crippen molar-refractivity contribution in [1.82, 2.24) is 0 Å². The fourth-order valence-corrected chi connectivity index (χ4v) is 2.00. The molecule has 0 saturated heterocycles. The van der Waals surface area contributed by atoms with E-state index in [1.807, 2.05) is 6.92 Å². The molecular weight excluding hydrogens is 243 g/mol. The third-order valence-electron chi connectivity index (χ3n) is 3.05. The Labute approximate surface area is 115 Å². The summed E-state index contributed by atoms with van der Waals surface area (Å²) in [7, 11) is 0. The van der Waals surface area contributed by atoms with Crippen molar-refractivity contribution in [3.05, 3.63) is 17.9 Å². The van der Waals surface area contributed by atoms with E-state index >= 15 is 0 Å². The fraction of sp³-hybridized carbons (Fsp3) is 0.600. The molecule has 108 valence electrons. The van der Waals surface area contributed by atoms with Crippen molar-refractivity contribution in [2.75, 3.05) is 17.7 Å². The van der Waals surface area contributed by atoms with Gasteiger partial charge in [-0.05, 0) is 20.3 Å². The average molecular weight is 268 g/mol. The van der Waals surface area contributed by atoms with Gasteiger partial charge in [0.15, 0.2) is 11.6 Å². The number of unbranched alkanes of at least 4 members (excludes halogenated alkanes) is 2. The van der Waals surface area contributed by atoms with Crippen LogP contribution in [0.5, 0.6) is 5.75 Å². The fourth-order valence-electron chi connectivity index (χ4n) is 2.00. The number of ether oxygens (including phenoxy) is 1. The van der Waals surface area contributed by atoms with Crippen molar-refractivity contribution >= 4 is 11.4 Å². The second kappa shape index (κ2) is 7.87. The predicted octanol–water partition coefficient (Wildman–Crippen LogP) is 4.19. The summed E-state index contributed by atoms with van der Waals surface area (Å²) < 4.78 is 18.8. The van der Waals surface area contributed by atoms with Crippen LogP contribution in [0, 0.1) is 5.82 Å². The Hall–Kier alpha value is -1.45. The summed E-state index contributed by atoms with van der Waals surface area (Å²) in [5.41, 5.74) is 7.00. The van der Waals surface area contributed by atoms with Gasteiger partial charge in [-0.3, -0.25) is 0 Å². The molecule has 0 aliphatic carbocycles. The van der Waals surface area contributed by atoms with E-state index in [0.717, 1.165) is 12.1 Å². The van der Waals surface area contributed by atoms with Crippen molar-refractivity contribution in [3.8, 4) is 5.75 Å². The Balaban J connectivity index is 2.68. The van der Waals surface area contributed by atoms with Crippen molar-refractivity contribution in [2.45, 2.75) is 52.5 Å². The van der Waals surface area contributed by atoms with Gasteiger partial charge in [-0.2, -0.15) is 0 Å². The number of nitrogen functional groups attached to an aromatic ring is 1. The van der Waals surface area contributed by atoms with Gasteiger partial charge in [-0.15, -0.1) is 0 Å². The number of benzene rings is 1. The summed E-state index contributed by atoms with van der Waals surface area (Å²) in [6.45, 7) is 6.56. The Morgan fingerprint density at radius 1 is 1.32 bits per heavy atom. The van der Waals surface area contributed by atoms with E-state index in [-0.39, 0.29) is 5.75 Å². The summed E-state index contributed by atoms with van der Waals surface area (Å²) in [6.07, 6.45) is 4.70. The SMILES string of the molecule is CCCCCC(C)Nc1cc(OCC)c(F)cc1N. The summed E-state index contributed by atoms with van der Waals surface area (Å²) in [6, 6.07) is 3.27. The van der Waals surface area contributed by atoms with E-state index in [9.17, 15) is 4.39 Å². The zero-order chi connectivity index (χ0) is 14.3. The van der Waals surface area contributed by atoms with Crippen LogP contribution in [0.25, 0.3) is 0 Å². The summed E-state index contributed by atoms with van der Waals surface area (Å²) in [5, 5.41) is 3.32. The first-order valence-electron chi connectivity index (χ1n) is 7.06. The number of anilines is 2. The number of hydrogen-bond acceptors (Lipinski definition) is 3. The quantitative estimate of drug-likeness (QED) is 0.549. The first-order valence-corrected chi connectivity index (χ1v) is 7.06. The first-order chi connectivity index (χ1) is 9.08. The molecule has 0 radical (unpaired) electrons. The first kappa shape index (κ1) is 15.6. The lowest BCUT2D eigenvalue weighted by atomic mass is 10.1. The molecule has 1 aromatic rings. The smallest absolute Gasteiger partial charge is 0.167 e. The van der Waals surface area contributed by atoms with Crippen LogP contribution in [-0.2, 0) is 0 Å². The van der Waals surface area contributed by atoms with Crippen molar-refractivity contribution < 1.29 is 9.13 Å². The molecule has 1 rings (SSSR count). The third-order valence-corrected chi connectivity index (χ3v) is 3.05. The second-order valence-corrected chi connectivity index (χ2v) is 4.84. The predicted molar refractivity (Wildman–Crippen MR) is 79.2 cm³/mol. The van der Waals surface area contributed by atoms with Crippen molar-refractivity contribution in [1.29, 1.82) is 0 Å². The summed E-state index contributed by atoms with van der Waals surface area (Å²) in [4.78, 5) is 0. The van der Waals surface area contributed by atoms with E-state index in [1.54, 1.807) is 6.07 Å². The highest BCUT2D eigenvalue weighted by molar-refractivity contribution is 5.68. The zero-order valence-corrected chi connectivity index (χ0v) is 12.1. The Morgan fingerprint density at radius 2 is 2.05 bits per heavy atom. The molecule has 0 bridgehead atoms. The van der Waals surface area contributed by atoms with Gasteiger partial charge in [0.2, 0.25) is 0 Å². The molecule has 4 heteroatoms. The van der Waals surface area contributed by atoms with Gasteiger partial charge in [-0.1, -0.05) is 26.2 Å². The molecule has 0 amide bonds. The Bertz CT molecular complexity index is 396. The molecule has 0 spiro atoms. The van der Waals surface area contributed by atoms with Gasteiger partial charge in [0.1, 0.15) is 0 Å². The minimum atomic E-state index is -0.413. The maximum Gasteiger partial charge on any atom is 0.167 e. The van der Waals surface area contributed by atoms with Crippen LogP contribution < -0.4 is 15.8 Å². The molecule has 3 N–H and O–H groups in total.